The van der Waals surface area contributed by atoms with E-state index < -0.39 is 9.05 Å². The Morgan fingerprint density at radius 1 is 1.40 bits per heavy atom. The minimum Gasteiger partial charge on any atom is -0.296 e. The van der Waals surface area contributed by atoms with Crippen LogP contribution in [0.3, 0.4) is 0 Å². The van der Waals surface area contributed by atoms with Crippen LogP contribution in [-0.2, 0) is 28.4 Å². The van der Waals surface area contributed by atoms with Crippen LogP contribution in [0.4, 0.5) is 0 Å². The van der Waals surface area contributed by atoms with Crippen LogP contribution in [0.15, 0.2) is 11.2 Å². The monoisotopic (exact) mass is 331 g/mol. The molecule has 1 aliphatic carbocycles. The van der Waals surface area contributed by atoms with E-state index in [-0.39, 0.29) is 5.16 Å². The van der Waals surface area contributed by atoms with E-state index in [1.165, 1.54) is 16.9 Å². The molecule has 0 unspecified atom stereocenters. The Balaban J connectivity index is 2.11. The summed E-state index contributed by atoms with van der Waals surface area (Å²) in [5, 5.41) is 7.65. The van der Waals surface area contributed by atoms with Crippen LogP contribution in [0.25, 0.3) is 10.7 Å². The van der Waals surface area contributed by atoms with Crippen molar-refractivity contribution >= 4 is 31.1 Å². The van der Waals surface area contributed by atoms with Gasteiger partial charge in [0.2, 0.25) is 0 Å². The molecule has 0 N–H and O–H groups in total. The van der Waals surface area contributed by atoms with Crippen molar-refractivity contribution < 1.29 is 8.42 Å². The number of halogens is 1. The summed E-state index contributed by atoms with van der Waals surface area (Å²) in [6.45, 7) is 2.51. The quantitative estimate of drug-likeness (QED) is 0.808. The fraction of sp³-hybridized carbons (Fsp3) is 0.500. The first-order valence-electron chi connectivity index (χ1n) is 6.50. The largest absolute Gasteiger partial charge is 0.296 e. The van der Waals surface area contributed by atoms with Crippen LogP contribution in [0.1, 0.15) is 30.2 Å². The van der Waals surface area contributed by atoms with Crippen molar-refractivity contribution in [2.24, 2.45) is 0 Å². The summed E-state index contributed by atoms with van der Waals surface area (Å²) in [5.74, 6) is 0.602. The third-order valence-corrected chi connectivity index (χ3v) is 5.73. The minimum absolute atomic E-state index is 0.162. The van der Waals surface area contributed by atoms with Gasteiger partial charge in [0.05, 0.1) is 4.88 Å². The van der Waals surface area contributed by atoms with E-state index >= 15 is 0 Å². The minimum atomic E-state index is -3.87. The molecule has 3 rings (SSSR count). The maximum absolute atomic E-state index is 11.6. The summed E-state index contributed by atoms with van der Waals surface area (Å²) < 4.78 is 24.7. The molecule has 2 aromatic heterocycles. The lowest BCUT2D eigenvalue weighted by atomic mass is 10.2. The predicted molar refractivity (Wildman–Crippen MR) is 78.7 cm³/mol. The first-order chi connectivity index (χ1) is 9.50. The molecular formula is C12H14ClN3O2S2. The van der Waals surface area contributed by atoms with Gasteiger partial charge in [0.1, 0.15) is 0 Å². The van der Waals surface area contributed by atoms with Crippen molar-refractivity contribution in [3.05, 3.63) is 16.5 Å². The van der Waals surface area contributed by atoms with Crippen molar-refractivity contribution in [1.29, 1.82) is 0 Å². The van der Waals surface area contributed by atoms with E-state index in [4.69, 9.17) is 10.7 Å². The number of hydrogen-bond donors (Lipinski definition) is 0. The van der Waals surface area contributed by atoms with Gasteiger partial charge in [0, 0.05) is 22.1 Å². The van der Waals surface area contributed by atoms with Gasteiger partial charge < -0.3 is 0 Å². The Morgan fingerprint density at radius 3 is 2.85 bits per heavy atom. The number of aromatic nitrogens is 3. The number of nitrogens with zero attached hydrogens (tertiary/aromatic N) is 3. The second-order valence-corrected chi connectivity index (χ2v) is 8.40. The molecule has 5 nitrogen and oxygen atoms in total. The first kappa shape index (κ1) is 14.0. The fourth-order valence-corrected chi connectivity index (χ4v) is 4.69. The third kappa shape index (κ3) is 2.38. The summed E-state index contributed by atoms with van der Waals surface area (Å²) in [5.41, 5.74) is 1.35. The van der Waals surface area contributed by atoms with Gasteiger partial charge in [-0.15, -0.1) is 21.5 Å². The van der Waals surface area contributed by atoms with Gasteiger partial charge in [0.15, 0.2) is 5.82 Å². The summed E-state index contributed by atoms with van der Waals surface area (Å²) in [7, 11) is 1.56. The highest BCUT2D eigenvalue weighted by molar-refractivity contribution is 8.13. The Hall–Kier alpha value is -0.920. The smallest absolute Gasteiger partial charge is 0.296 e. The molecule has 0 aliphatic heterocycles. The molecular weight excluding hydrogens is 318 g/mol. The van der Waals surface area contributed by atoms with Gasteiger partial charge in [0.25, 0.3) is 14.2 Å². The second-order valence-electron chi connectivity index (χ2n) is 4.81. The molecule has 2 aromatic rings. The molecule has 2 heterocycles. The van der Waals surface area contributed by atoms with Gasteiger partial charge in [-0.2, -0.15) is 0 Å². The van der Waals surface area contributed by atoms with Gasteiger partial charge >= 0.3 is 0 Å². The van der Waals surface area contributed by atoms with Crippen LogP contribution in [0, 0.1) is 0 Å². The highest BCUT2D eigenvalue weighted by atomic mass is 35.7. The van der Waals surface area contributed by atoms with Crippen molar-refractivity contribution in [2.45, 2.75) is 44.3 Å². The van der Waals surface area contributed by atoms with Crippen molar-refractivity contribution in [2.75, 3.05) is 0 Å². The van der Waals surface area contributed by atoms with Crippen molar-refractivity contribution in [3.8, 4) is 10.7 Å². The average Bonchev–Trinajstić information content (AvgIpc) is 2.98. The van der Waals surface area contributed by atoms with E-state index in [0.717, 1.165) is 24.1 Å². The standard InChI is InChI=1S/C12H14ClN3O2S2/c1-2-6-16-11(14-15-12(16)20(13,17)18)10-7-8-4-3-5-9(8)19-10/h7H,2-6H2,1H3. The van der Waals surface area contributed by atoms with Gasteiger partial charge in [-0.25, -0.2) is 8.42 Å². The van der Waals surface area contributed by atoms with Crippen molar-refractivity contribution in [1.82, 2.24) is 14.8 Å². The molecule has 1 aliphatic rings. The molecule has 0 atom stereocenters. The fourth-order valence-electron chi connectivity index (χ4n) is 2.52. The Bertz CT molecular complexity index is 727. The molecule has 0 bridgehead atoms. The molecule has 8 heteroatoms. The summed E-state index contributed by atoms with van der Waals surface area (Å²) in [6, 6.07) is 2.10. The van der Waals surface area contributed by atoms with Crippen LogP contribution in [0.2, 0.25) is 0 Å². The van der Waals surface area contributed by atoms with E-state index in [2.05, 4.69) is 16.3 Å². The summed E-state index contributed by atoms with van der Waals surface area (Å²) in [4.78, 5) is 2.35. The second kappa shape index (κ2) is 5.13. The lowest BCUT2D eigenvalue weighted by Gasteiger charge is -2.05. The molecule has 0 aromatic carbocycles. The highest BCUT2D eigenvalue weighted by Crippen LogP contribution is 2.36. The molecule has 0 radical (unpaired) electrons. The number of aryl methyl sites for hydroxylation is 2. The van der Waals surface area contributed by atoms with E-state index in [1.54, 1.807) is 15.9 Å². The maximum Gasteiger partial charge on any atom is 0.296 e. The number of thiophene rings is 1. The van der Waals surface area contributed by atoms with Crippen LogP contribution < -0.4 is 0 Å². The van der Waals surface area contributed by atoms with E-state index in [0.29, 0.717) is 12.4 Å². The molecule has 0 saturated carbocycles. The number of fused-ring (bicyclic) bond motifs is 1. The molecule has 0 fully saturated rings. The van der Waals surface area contributed by atoms with Crippen LogP contribution >= 0.6 is 22.0 Å². The lowest BCUT2D eigenvalue weighted by Crippen LogP contribution is -2.07. The Morgan fingerprint density at radius 2 is 2.20 bits per heavy atom. The molecule has 108 valence electrons. The summed E-state index contributed by atoms with van der Waals surface area (Å²) in [6.07, 6.45) is 4.18. The van der Waals surface area contributed by atoms with Crippen LogP contribution in [0.5, 0.6) is 0 Å². The average molecular weight is 332 g/mol. The Kier molecular flexibility index (Phi) is 3.60. The van der Waals surface area contributed by atoms with Crippen molar-refractivity contribution in [3.63, 3.8) is 0 Å². The highest BCUT2D eigenvalue weighted by Gasteiger charge is 2.25. The topological polar surface area (TPSA) is 64.8 Å². The normalized spacial score (nSPS) is 14.7. The zero-order chi connectivity index (χ0) is 14.3. The molecule has 20 heavy (non-hydrogen) atoms. The van der Waals surface area contributed by atoms with Crippen LogP contribution in [-0.4, -0.2) is 23.2 Å². The number of hydrogen-bond acceptors (Lipinski definition) is 5. The summed E-state index contributed by atoms with van der Waals surface area (Å²) >= 11 is 1.68. The molecule has 0 amide bonds. The van der Waals surface area contributed by atoms with Gasteiger partial charge in [-0.1, -0.05) is 6.92 Å². The number of rotatable bonds is 4. The molecule has 0 saturated heterocycles. The molecule has 0 spiro atoms. The zero-order valence-electron chi connectivity index (χ0n) is 11.0. The van der Waals surface area contributed by atoms with E-state index in [9.17, 15) is 8.42 Å². The SMILES string of the molecule is CCCn1c(-c2cc3c(s2)CCC3)nnc1S(=O)(=O)Cl. The Labute approximate surface area is 126 Å². The zero-order valence-corrected chi connectivity index (χ0v) is 13.4. The first-order valence-corrected chi connectivity index (χ1v) is 9.63. The van der Waals surface area contributed by atoms with E-state index in [1.807, 2.05) is 6.92 Å². The maximum atomic E-state index is 11.6. The predicted octanol–water partition coefficient (Wildman–Crippen LogP) is 2.83. The van der Waals surface area contributed by atoms with Gasteiger partial charge in [-0.3, -0.25) is 4.57 Å². The third-order valence-electron chi connectivity index (χ3n) is 3.35. The lowest BCUT2D eigenvalue weighted by molar-refractivity contribution is 0.570. The van der Waals surface area contributed by atoms with Gasteiger partial charge in [-0.05, 0) is 37.3 Å².